The minimum absolute atomic E-state index is 0.149. The van der Waals surface area contributed by atoms with Gasteiger partial charge in [0.1, 0.15) is 0 Å². The van der Waals surface area contributed by atoms with E-state index in [2.05, 4.69) is 53.0 Å². The first-order valence-electron chi connectivity index (χ1n) is 12.2. The number of thiazole rings is 1. The van der Waals surface area contributed by atoms with E-state index < -0.39 is 0 Å². The Kier molecular flexibility index (Phi) is 7.95. The van der Waals surface area contributed by atoms with Crippen LogP contribution in [0.3, 0.4) is 0 Å². The Morgan fingerprint density at radius 1 is 1.11 bits per heavy atom. The second kappa shape index (κ2) is 11.5. The van der Waals surface area contributed by atoms with Gasteiger partial charge in [-0.3, -0.25) is 19.6 Å². The molecule has 190 valence electrons. The first-order chi connectivity index (χ1) is 18.0. The summed E-state index contributed by atoms with van der Waals surface area (Å²) >= 11 is 5.24. The molecule has 2 aromatic carbocycles. The molecule has 9 heteroatoms. The standard InChI is InChI=1S/C28H29BrN6OS/c1-20-5-8-23(17-26(20)35(28-31-10-15-37-28)24-4-3-9-30-18-24)32-27(36)21-6-7-22(25(29)16-21)19-34-13-11-33(2)12-14-34/h3-10,15-18H,11-14,19H2,1-2H3,(H,32,36). The van der Waals surface area contributed by atoms with Gasteiger partial charge >= 0.3 is 0 Å². The molecule has 2 aromatic heterocycles. The first kappa shape index (κ1) is 25.5. The van der Waals surface area contributed by atoms with Crippen LogP contribution in [0.2, 0.25) is 0 Å². The summed E-state index contributed by atoms with van der Waals surface area (Å²) in [6.07, 6.45) is 5.35. The SMILES string of the molecule is Cc1ccc(NC(=O)c2ccc(CN3CCN(C)CC3)c(Br)c2)cc1N(c1cccnc1)c1nccs1. The topological polar surface area (TPSA) is 64.6 Å². The monoisotopic (exact) mass is 576 g/mol. The molecule has 1 fully saturated rings. The summed E-state index contributed by atoms with van der Waals surface area (Å²) in [5.41, 5.74) is 5.42. The molecular weight excluding hydrogens is 548 g/mol. The number of benzene rings is 2. The maximum Gasteiger partial charge on any atom is 0.255 e. The number of anilines is 4. The Hall–Kier alpha value is -3.11. The Morgan fingerprint density at radius 3 is 2.65 bits per heavy atom. The van der Waals surface area contributed by atoms with Crippen molar-refractivity contribution in [1.82, 2.24) is 19.8 Å². The molecule has 0 unspecified atom stereocenters. The molecule has 4 aromatic rings. The molecule has 0 saturated carbocycles. The zero-order valence-corrected chi connectivity index (χ0v) is 23.3. The summed E-state index contributed by atoms with van der Waals surface area (Å²) in [6, 6.07) is 15.7. The number of hydrogen-bond acceptors (Lipinski definition) is 7. The number of aromatic nitrogens is 2. The lowest BCUT2D eigenvalue weighted by atomic mass is 10.1. The number of carbonyl (C=O) groups excluding carboxylic acids is 1. The van der Waals surface area contributed by atoms with E-state index in [4.69, 9.17) is 0 Å². The van der Waals surface area contributed by atoms with Crippen molar-refractivity contribution in [3.63, 3.8) is 0 Å². The van der Waals surface area contributed by atoms with Crippen LogP contribution in [0.5, 0.6) is 0 Å². The molecule has 7 nitrogen and oxygen atoms in total. The molecule has 37 heavy (non-hydrogen) atoms. The molecule has 0 aliphatic carbocycles. The van der Waals surface area contributed by atoms with E-state index in [1.165, 1.54) is 5.56 Å². The number of aryl methyl sites for hydroxylation is 1. The molecule has 1 saturated heterocycles. The van der Waals surface area contributed by atoms with Gasteiger partial charge in [-0.2, -0.15) is 0 Å². The smallest absolute Gasteiger partial charge is 0.255 e. The summed E-state index contributed by atoms with van der Waals surface area (Å²) in [7, 11) is 2.16. The highest BCUT2D eigenvalue weighted by Gasteiger charge is 2.19. The number of hydrogen-bond donors (Lipinski definition) is 1. The third-order valence-corrected chi connectivity index (χ3v) is 8.02. The number of pyridine rings is 1. The molecule has 0 atom stereocenters. The average molecular weight is 578 g/mol. The van der Waals surface area contributed by atoms with Crippen molar-refractivity contribution in [2.45, 2.75) is 13.5 Å². The van der Waals surface area contributed by atoms with E-state index in [0.717, 1.165) is 59.3 Å². The molecular formula is C28H29BrN6OS. The van der Waals surface area contributed by atoms with Crippen LogP contribution in [0.25, 0.3) is 0 Å². The first-order valence-corrected chi connectivity index (χ1v) is 13.9. The van der Waals surface area contributed by atoms with Gasteiger partial charge in [0.2, 0.25) is 0 Å². The quantitative estimate of drug-likeness (QED) is 0.287. The van der Waals surface area contributed by atoms with E-state index in [9.17, 15) is 4.79 Å². The van der Waals surface area contributed by atoms with Gasteiger partial charge in [-0.05, 0) is 61.5 Å². The van der Waals surface area contributed by atoms with Gasteiger partial charge in [-0.25, -0.2) is 4.98 Å². The molecule has 0 radical (unpaired) electrons. The van der Waals surface area contributed by atoms with E-state index in [1.54, 1.807) is 23.7 Å². The van der Waals surface area contributed by atoms with Gasteiger partial charge in [0.05, 0.1) is 17.6 Å². The molecule has 1 aliphatic rings. The second-order valence-electron chi connectivity index (χ2n) is 9.20. The molecule has 0 spiro atoms. The van der Waals surface area contributed by atoms with Crippen LogP contribution in [0.4, 0.5) is 22.2 Å². The Labute approximate surface area is 229 Å². The molecule has 1 aliphatic heterocycles. The van der Waals surface area contributed by atoms with Crippen molar-refractivity contribution in [2.24, 2.45) is 0 Å². The maximum atomic E-state index is 13.2. The number of piperazine rings is 1. The predicted octanol–water partition coefficient (Wildman–Crippen LogP) is 6.08. The van der Waals surface area contributed by atoms with Crippen molar-refractivity contribution in [1.29, 1.82) is 0 Å². The summed E-state index contributed by atoms with van der Waals surface area (Å²) in [6.45, 7) is 7.19. The highest BCUT2D eigenvalue weighted by molar-refractivity contribution is 9.10. The van der Waals surface area contributed by atoms with E-state index in [0.29, 0.717) is 11.3 Å². The van der Waals surface area contributed by atoms with Crippen LogP contribution in [0.1, 0.15) is 21.5 Å². The van der Waals surface area contributed by atoms with Gasteiger partial charge < -0.3 is 10.2 Å². The number of carbonyl (C=O) groups is 1. The lowest BCUT2D eigenvalue weighted by molar-refractivity contribution is 0.102. The van der Waals surface area contributed by atoms with E-state index in [-0.39, 0.29) is 5.91 Å². The third-order valence-electron chi connectivity index (χ3n) is 6.53. The molecule has 1 amide bonds. The average Bonchev–Trinajstić information content (AvgIpc) is 3.43. The maximum absolute atomic E-state index is 13.2. The minimum atomic E-state index is -0.149. The van der Waals surface area contributed by atoms with Crippen LogP contribution < -0.4 is 10.2 Å². The van der Waals surface area contributed by atoms with Crippen molar-refractivity contribution < 1.29 is 4.79 Å². The van der Waals surface area contributed by atoms with Crippen molar-refractivity contribution in [3.8, 4) is 0 Å². The molecule has 5 rings (SSSR count). The van der Waals surface area contributed by atoms with Crippen molar-refractivity contribution in [3.05, 3.63) is 93.7 Å². The van der Waals surface area contributed by atoms with E-state index in [1.807, 2.05) is 67.0 Å². The number of amides is 1. The molecule has 0 bridgehead atoms. The van der Waals surface area contributed by atoms with Gasteiger partial charge in [0.15, 0.2) is 5.13 Å². The Bertz CT molecular complexity index is 1360. The number of nitrogens with one attached hydrogen (secondary N) is 1. The number of likely N-dealkylation sites (N-methyl/N-ethyl adjacent to an activating group) is 1. The zero-order chi connectivity index (χ0) is 25.8. The largest absolute Gasteiger partial charge is 0.322 e. The van der Waals surface area contributed by atoms with Crippen LogP contribution in [-0.2, 0) is 6.54 Å². The third kappa shape index (κ3) is 6.07. The van der Waals surface area contributed by atoms with Crippen LogP contribution in [0, 0.1) is 6.92 Å². The molecule has 3 heterocycles. The van der Waals surface area contributed by atoms with Crippen LogP contribution in [0.15, 0.2) is 77.0 Å². The number of nitrogens with zero attached hydrogens (tertiary/aromatic N) is 5. The summed E-state index contributed by atoms with van der Waals surface area (Å²) in [4.78, 5) is 28.9. The van der Waals surface area contributed by atoms with Gasteiger partial charge in [0, 0.05) is 66.2 Å². The second-order valence-corrected chi connectivity index (χ2v) is 10.9. The summed E-state index contributed by atoms with van der Waals surface area (Å²) in [5.74, 6) is -0.149. The highest BCUT2D eigenvalue weighted by Crippen LogP contribution is 2.38. The van der Waals surface area contributed by atoms with Crippen molar-refractivity contribution in [2.75, 3.05) is 43.4 Å². The lowest BCUT2D eigenvalue weighted by Crippen LogP contribution is -2.43. The minimum Gasteiger partial charge on any atom is -0.322 e. The van der Waals surface area contributed by atoms with Crippen LogP contribution in [-0.4, -0.2) is 58.9 Å². The Morgan fingerprint density at radius 2 is 1.95 bits per heavy atom. The van der Waals surface area contributed by atoms with Gasteiger partial charge in [-0.15, -0.1) is 11.3 Å². The highest BCUT2D eigenvalue weighted by atomic mass is 79.9. The molecule has 1 N–H and O–H groups in total. The summed E-state index contributed by atoms with van der Waals surface area (Å²) in [5, 5.41) is 5.86. The van der Waals surface area contributed by atoms with Gasteiger partial charge in [-0.1, -0.05) is 28.1 Å². The predicted molar refractivity (Wildman–Crippen MR) is 154 cm³/mol. The lowest BCUT2D eigenvalue weighted by Gasteiger charge is -2.32. The van der Waals surface area contributed by atoms with Crippen LogP contribution >= 0.6 is 27.3 Å². The van der Waals surface area contributed by atoms with Gasteiger partial charge in [0.25, 0.3) is 5.91 Å². The van der Waals surface area contributed by atoms with E-state index >= 15 is 0 Å². The normalized spacial score (nSPS) is 14.5. The van der Waals surface area contributed by atoms with Crippen molar-refractivity contribution >= 4 is 55.4 Å². The summed E-state index contributed by atoms with van der Waals surface area (Å²) < 4.78 is 0.954. The zero-order valence-electron chi connectivity index (χ0n) is 20.9. The number of rotatable bonds is 7. The number of halogens is 1. The fourth-order valence-corrected chi connectivity index (χ4v) is 5.54. The fraction of sp³-hybridized carbons (Fsp3) is 0.250. The Balaban J connectivity index is 1.35. The fourth-order valence-electron chi connectivity index (χ4n) is 4.36.